The first kappa shape index (κ1) is 12.7. The molecule has 1 fully saturated rings. The average Bonchev–Trinajstić information content (AvgIpc) is 2.76. The van der Waals surface area contributed by atoms with Crippen LogP contribution in [0, 0.1) is 22.0 Å². The SMILES string of the molecule is CC(C1CCCC1=O)C(c1ccccc1)[N+](=O)[O-]. The number of benzene rings is 1. The molecule has 0 saturated heterocycles. The molecule has 1 aliphatic carbocycles. The Kier molecular flexibility index (Phi) is 3.75. The maximum atomic E-state index is 11.8. The van der Waals surface area contributed by atoms with Crippen LogP contribution in [0.15, 0.2) is 30.3 Å². The molecule has 0 N–H and O–H groups in total. The predicted molar refractivity (Wildman–Crippen MR) is 67.7 cm³/mol. The lowest BCUT2D eigenvalue weighted by atomic mass is 9.83. The van der Waals surface area contributed by atoms with Crippen LogP contribution in [0.25, 0.3) is 0 Å². The molecule has 0 aliphatic heterocycles. The Morgan fingerprint density at radius 2 is 2.00 bits per heavy atom. The summed E-state index contributed by atoms with van der Waals surface area (Å²) in [5.74, 6) is -0.205. The first-order valence-corrected chi connectivity index (χ1v) is 6.32. The molecule has 0 bridgehead atoms. The fourth-order valence-electron chi connectivity index (χ4n) is 2.89. The lowest BCUT2D eigenvalue weighted by Crippen LogP contribution is -2.27. The van der Waals surface area contributed by atoms with Crippen molar-refractivity contribution in [2.24, 2.45) is 11.8 Å². The fraction of sp³-hybridized carbons (Fsp3) is 0.500. The number of nitro groups is 1. The van der Waals surface area contributed by atoms with Crippen molar-refractivity contribution in [3.63, 3.8) is 0 Å². The molecule has 0 radical (unpaired) electrons. The zero-order valence-corrected chi connectivity index (χ0v) is 10.4. The van der Waals surface area contributed by atoms with Crippen LogP contribution in [-0.2, 0) is 4.79 Å². The third-order valence-electron chi connectivity index (χ3n) is 3.85. The number of hydrogen-bond acceptors (Lipinski definition) is 3. The van der Waals surface area contributed by atoms with E-state index in [4.69, 9.17) is 0 Å². The zero-order valence-electron chi connectivity index (χ0n) is 10.4. The molecule has 1 aromatic carbocycles. The van der Waals surface area contributed by atoms with Crippen LogP contribution in [0.5, 0.6) is 0 Å². The van der Waals surface area contributed by atoms with Gasteiger partial charge in [0.25, 0.3) is 0 Å². The molecule has 96 valence electrons. The highest BCUT2D eigenvalue weighted by Crippen LogP contribution is 2.37. The van der Waals surface area contributed by atoms with Crippen molar-refractivity contribution >= 4 is 5.78 Å². The largest absolute Gasteiger partial charge is 0.299 e. The molecule has 4 nitrogen and oxygen atoms in total. The molecule has 0 spiro atoms. The maximum Gasteiger partial charge on any atom is 0.241 e. The highest BCUT2D eigenvalue weighted by Gasteiger charge is 2.40. The van der Waals surface area contributed by atoms with Gasteiger partial charge in [-0.3, -0.25) is 14.9 Å². The zero-order chi connectivity index (χ0) is 13.1. The van der Waals surface area contributed by atoms with Crippen molar-refractivity contribution < 1.29 is 9.72 Å². The smallest absolute Gasteiger partial charge is 0.241 e. The van der Waals surface area contributed by atoms with Crippen LogP contribution in [0.1, 0.15) is 37.8 Å². The number of carbonyl (C=O) groups excluding carboxylic acids is 1. The second-order valence-corrected chi connectivity index (χ2v) is 4.97. The van der Waals surface area contributed by atoms with E-state index in [1.54, 1.807) is 24.3 Å². The van der Waals surface area contributed by atoms with E-state index in [1.807, 2.05) is 13.0 Å². The molecule has 3 unspecified atom stereocenters. The fourth-order valence-corrected chi connectivity index (χ4v) is 2.89. The number of rotatable bonds is 4. The monoisotopic (exact) mass is 247 g/mol. The van der Waals surface area contributed by atoms with Gasteiger partial charge >= 0.3 is 0 Å². The van der Waals surface area contributed by atoms with E-state index in [9.17, 15) is 14.9 Å². The topological polar surface area (TPSA) is 60.2 Å². The van der Waals surface area contributed by atoms with E-state index in [-0.39, 0.29) is 22.5 Å². The van der Waals surface area contributed by atoms with Crippen molar-refractivity contribution in [1.82, 2.24) is 0 Å². The van der Waals surface area contributed by atoms with Gasteiger partial charge in [0, 0.05) is 28.7 Å². The summed E-state index contributed by atoms with van der Waals surface area (Å²) >= 11 is 0. The van der Waals surface area contributed by atoms with Gasteiger partial charge in [0.2, 0.25) is 6.04 Å². The predicted octanol–water partition coefficient (Wildman–Crippen LogP) is 3.01. The minimum Gasteiger partial charge on any atom is -0.299 e. The van der Waals surface area contributed by atoms with Crippen LogP contribution >= 0.6 is 0 Å². The lowest BCUT2D eigenvalue weighted by Gasteiger charge is -2.21. The quantitative estimate of drug-likeness (QED) is 0.607. The Hall–Kier alpha value is -1.71. The summed E-state index contributed by atoms with van der Waals surface area (Å²) in [7, 11) is 0. The Morgan fingerprint density at radius 3 is 2.50 bits per heavy atom. The van der Waals surface area contributed by atoms with Crippen LogP contribution in [0.2, 0.25) is 0 Å². The minimum absolute atomic E-state index is 0.152. The molecule has 0 amide bonds. The number of nitrogens with zero attached hydrogens (tertiary/aromatic N) is 1. The van der Waals surface area contributed by atoms with Gasteiger partial charge < -0.3 is 0 Å². The van der Waals surface area contributed by atoms with Gasteiger partial charge in [0.1, 0.15) is 5.78 Å². The van der Waals surface area contributed by atoms with Crippen LogP contribution in [0.4, 0.5) is 0 Å². The molecule has 2 rings (SSSR count). The third kappa shape index (κ3) is 2.42. The van der Waals surface area contributed by atoms with Crippen molar-refractivity contribution in [2.45, 2.75) is 32.2 Å². The van der Waals surface area contributed by atoms with Gasteiger partial charge in [-0.1, -0.05) is 37.3 Å². The summed E-state index contributed by atoms with van der Waals surface area (Å²) in [6, 6.07) is 8.20. The molecular formula is C14H17NO3. The summed E-state index contributed by atoms with van der Waals surface area (Å²) in [5.41, 5.74) is 0.690. The Bertz CT molecular complexity index is 444. The number of hydrogen-bond donors (Lipinski definition) is 0. The second-order valence-electron chi connectivity index (χ2n) is 4.97. The molecule has 4 heteroatoms. The highest BCUT2D eigenvalue weighted by molar-refractivity contribution is 5.83. The third-order valence-corrected chi connectivity index (χ3v) is 3.85. The van der Waals surface area contributed by atoms with Gasteiger partial charge in [-0.25, -0.2) is 0 Å². The molecule has 3 atom stereocenters. The molecule has 0 heterocycles. The van der Waals surface area contributed by atoms with Crippen molar-refractivity contribution in [3.8, 4) is 0 Å². The lowest BCUT2D eigenvalue weighted by molar-refractivity contribution is -0.539. The summed E-state index contributed by atoms with van der Waals surface area (Å²) in [4.78, 5) is 22.8. The van der Waals surface area contributed by atoms with Gasteiger partial charge in [0.15, 0.2) is 0 Å². The average molecular weight is 247 g/mol. The highest BCUT2D eigenvalue weighted by atomic mass is 16.6. The van der Waals surface area contributed by atoms with Gasteiger partial charge in [-0.2, -0.15) is 0 Å². The molecular weight excluding hydrogens is 230 g/mol. The molecule has 1 aromatic rings. The van der Waals surface area contributed by atoms with Crippen molar-refractivity contribution in [1.29, 1.82) is 0 Å². The van der Waals surface area contributed by atoms with Gasteiger partial charge in [-0.05, 0) is 12.8 Å². The van der Waals surface area contributed by atoms with E-state index in [1.165, 1.54) is 0 Å². The first-order chi connectivity index (χ1) is 8.61. The van der Waals surface area contributed by atoms with E-state index in [0.717, 1.165) is 12.8 Å². The molecule has 1 saturated carbocycles. The summed E-state index contributed by atoms with van der Waals surface area (Å²) in [6.07, 6.45) is 2.23. The van der Waals surface area contributed by atoms with Gasteiger partial charge in [0.05, 0.1) is 0 Å². The maximum absolute atomic E-state index is 11.8. The standard InChI is InChI=1S/C14H17NO3/c1-10(12-8-5-9-13(12)16)14(15(17)18)11-6-3-2-4-7-11/h2-4,6-7,10,12,14H,5,8-9H2,1H3. The van der Waals surface area contributed by atoms with Gasteiger partial charge in [-0.15, -0.1) is 0 Å². The molecule has 1 aliphatic rings. The summed E-state index contributed by atoms with van der Waals surface area (Å²) in [5, 5.41) is 11.3. The van der Waals surface area contributed by atoms with Crippen LogP contribution in [0.3, 0.4) is 0 Å². The number of ketones is 1. The Balaban J connectivity index is 2.25. The Labute approximate surface area is 106 Å². The number of carbonyl (C=O) groups is 1. The number of Topliss-reactive ketones (excluding diaryl/α,β-unsaturated/α-hetero) is 1. The first-order valence-electron chi connectivity index (χ1n) is 6.32. The van der Waals surface area contributed by atoms with E-state index >= 15 is 0 Å². The second kappa shape index (κ2) is 5.29. The summed E-state index contributed by atoms with van der Waals surface area (Å²) < 4.78 is 0. The van der Waals surface area contributed by atoms with E-state index in [0.29, 0.717) is 12.0 Å². The van der Waals surface area contributed by atoms with E-state index in [2.05, 4.69) is 0 Å². The normalized spacial score (nSPS) is 22.7. The molecule has 18 heavy (non-hydrogen) atoms. The summed E-state index contributed by atoms with van der Waals surface area (Å²) in [6.45, 7) is 1.83. The Morgan fingerprint density at radius 1 is 1.33 bits per heavy atom. The minimum atomic E-state index is -0.779. The van der Waals surface area contributed by atoms with Crippen LogP contribution in [-0.4, -0.2) is 10.7 Å². The molecule has 0 aromatic heterocycles. The van der Waals surface area contributed by atoms with Crippen molar-refractivity contribution in [2.75, 3.05) is 0 Å². The van der Waals surface area contributed by atoms with E-state index < -0.39 is 6.04 Å². The van der Waals surface area contributed by atoms with Crippen molar-refractivity contribution in [3.05, 3.63) is 46.0 Å². The van der Waals surface area contributed by atoms with Crippen LogP contribution < -0.4 is 0 Å².